The molecule has 200 valence electrons. The van der Waals surface area contributed by atoms with Gasteiger partial charge in [-0.25, -0.2) is 14.6 Å². The molecule has 0 atom stereocenters. The summed E-state index contributed by atoms with van der Waals surface area (Å²) in [6.45, 7) is 1.82. The maximum atomic E-state index is 13.7. The number of halogens is 1. The van der Waals surface area contributed by atoms with E-state index in [4.69, 9.17) is 15.8 Å². The summed E-state index contributed by atoms with van der Waals surface area (Å²) < 4.78 is 31.5. The highest BCUT2D eigenvalue weighted by Crippen LogP contribution is 2.33. The van der Waals surface area contributed by atoms with E-state index in [2.05, 4.69) is 0 Å². The molecule has 0 N–H and O–H groups in total. The zero-order valence-electron chi connectivity index (χ0n) is 21.0. The van der Waals surface area contributed by atoms with Gasteiger partial charge in [-0.1, -0.05) is 65.7 Å². The molecule has 0 aliphatic carbocycles. The quantitative estimate of drug-likeness (QED) is 0.160. The van der Waals surface area contributed by atoms with Gasteiger partial charge in [0, 0.05) is 10.6 Å². The number of anilines is 2. The van der Waals surface area contributed by atoms with Gasteiger partial charge in [-0.2, -0.15) is 8.42 Å². The average Bonchev–Trinajstić information content (AvgIpc) is 2.94. The Labute approximate surface area is 235 Å². The van der Waals surface area contributed by atoms with Crippen molar-refractivity contribution in [2.24, 2.45) is 0 Å². The van der Waals surface area contributed by atoms with Crippen molar-refractivity contribution in [3.05, 3.63) is 125 Å². The van der Waals surface area contributed by atoms with E-state index < -0.39 is 33.5 Å². The highest BCUT2D eigenvalue weighted by Gasteiger charge is 2.43. The third-order valence-electron chi connectivity index (χ3n) is 6.06. The summed E-state index contributed by atoms with van der Waals surface area (Å²) in [5, 5.41) is 0.207. The number of carbonyl (C=O) groups excluding carboxylic acids is 3. The minimum absolute atomic E-state index is 0.0512. The fraction of sp³-hybridized carbons (Fsp3) is 0.0333. The highest BCUT2D eigenvalue weighted by molar-refractivity contribution is 7.87. The molecule has 1 fully saturated rings. The third-order valence-corrected chi connectivity index (χ3v) is 7.54. The van der Waals surface area contributed by atoms with Crippen molar-refractivity contribution in [3.63, 3.8) is 0 Å². The lowest BCUT2D eigenvalue weighted by Crippen LogP contribution is -2.57. The zero-order valence-corrected chi connectivity index (χ0v) is 22.6. The summed E-state index contributed by atoms with van der Waals surface area (Å²) in [6, 6.07) is 25.7. The summed E-state index contributed by atoms with van der Waals surface area (Å²) in [5.41, 5.74) is 1.02. The molecule has 1 aliphatic heterocycles. The van der Waals surface area contributed by atoms with E-state index in [9.17, 15) is 22.8 Å². The molecule has 1 aliphatic rings. The van der Waals surface area contributed by atoms with Crippen LogP contribution in [0.15, 0.2) is 114 Å². The molecule has 0 saturated carbocycles. The number of hydrogen-bond donors (Lipinski definition) is 0. The molecule has 1 saturated heterocycles. The van der Waals surface area contributed by atoms with Crippen LogP contribution in [0.3, 0.4) is 0 Å². The molecular weight excluding hydrogens is 552 g/mol. The lowest BCUT2D eigenvalue weighted by molar-refractivity contribution is -0.121. The zero-order chi connectivity index (χ0) is 28.4. The van der Waals surface area contributed by atoms with Crippen LogP contribution in [0, 0.1) is 6.92 Å². The summed E-state index contributed by atoms with van der Waals surface area (Å²) >= 11 is 6.21. The van der Waals surface area contributed by atoms with Crippen LogP contribution in [0.5, 0.6) is 5.75 Å². The van der Waals surface area contributed by atoms with Gasteiger partial charge in [-0.15, -0.1) is 0 Å². The van der Waals surface area contributed by atoms with Crippen molar-refractivity contribution in [1.29, 1.82) is 0 Å². The number of barbiturate groups is 1. The molecule has 40 heavy (non-hydrogen) atoms. The molecule has 10 heteroatoms. The number of carbonyl (C=O) groups is 3. The molecule has 0 radical (unpaired) electrons. The van der Waals surface area contributed by atoms with Crippen LogP contribution in [-0.2, 0) is 19.7 Å². The summed E-state index contributed by atoms with van der Waals surface area (Å²) in [4.78, 5) is 42.5. The third kappa shape index (κ3) is 5.25. The van der Waals surface area contributed by atoms with Gasteiger partial charge in [0.25, 0.3) is 11.8 Å². The molecule has 4 aromatic rings. The van der Waals surface area contributed by atoms with Crippen molar-refractivity contribution in [1.82, 2.24) is 0 Å². The number of urea groups is 1. The predicted octanol–water partition coefficient (Wildman–Crippen LogP) is 6.00. The normalized spacial score (nSPS) is 13.9. The van der Waals surface area contributed by atoms with Crippen molar-refractivity contribution < 1.29 is 27.0 Å². The largest absolute Gasteiger partial charge is 0.378 e. The van der Waals surface area contributed by atoms with Crippen LogP contribution in [0.2, 0.25) is 5.02 Å². The Morgan fingerprint density at radius 3 is 1.77 bits per heavy atom. The average molecular weight is 573 g/mol. The first-order valence-corrected chi connectivity index (χ1v) is 13.8. The van der Waals surface area contributed by atoms with Gasteiger partial charge in [0.15, 0.2) is 0 Å². The standard InChI is InChI=1S/C30H21ClN2O6S/c1-20-12-15-25(16-13-20)40(37,38)39-27-17-14-22(31)18-21(27)19-26-28(34)32(23-8-4-2-5-9-23)30(36)33(29(26)35)24-10-6-3-7-11-24/h2-19H,1H3. The van der Waals surface area contributed by atoms with Crippen molar-refractivity contribution in [3.8, 4) is 5.75 Å². The number of aryl methyl sites for hydroxylation is 1. The fourth-order valence-corrected chi connectivity index (χ4v) is 5.21. The second-order valence-corrected chi connectivity index (χ2v) is 10.8. The first-order chi connectivity index (χ1) is 19.2. The summed E-state index contributed by atoms with van der Waals surface area (Å²) in [5.74, 6) is -1.94. The SMILES string of the molecule is Cc1ccc(S(=O)(=O)Oc2ccc(Cl)cc2C=C2C(=O)N(c3ccccc3)C(=O)N(c3ccccc3)C2=O)cc1. The topological polar surface area (TPSA) is 101 Å². The number of nitrogens with zero attached hydrogens (tertiary/aromatic N) is 2. The van der Waals surface area contributed by atoms with E-state index in [1.54, 1.807) is 72.8 Å². The Morgan fingerprint density at radius 1 is 0.725 bits per heavy atom. The van der Waals surface area contributed by atoms with Crippen LogP contribution < -0.4 is 14.0 Å². The molecule has 8 nitrogen and oxygen atoms in total. The van der Waals surface area contributed by atoms with Gasteiger partial charge in [0.05, 0.1) is 11.4 Å². The molecule has 4 amide bonds. The lowest BCUT2D eigenvalue weighted by Gasteiger charge is -2.34. The molecular formula is C30H21ClN2O6S. The van der Waals surface area contributed by atoms with E-state index in [1.165, 1.54) is 36.4 Å². The van der Waals surface area contributed by atoms with E-state index >= 15 is 0 Å². The second kappa shape index (κ2) is 10.8. The van der Waals surface area contributed by atoms with E-state index in [0.29, 0.717) is 0 Å². The first-order valence-electron chi connectivity index (χ1n) is 12.0. The second-order valence-electron chi connectivity index (χ2n) is 8.83. The van der Waals surface area contributed by atoms with E-state index in [0.717, 1.165) is 15.4 Å². The number of amides is 4. The number of imide groups is 2. The Bertz CT molecular complexity index is 1690. The minimum atomic E-state index is -4.27. The molecule has 5 rings (SSSR count). The predicted molar refractivity (Wildman–Crippen MR) is 152 cm³/mol. The summed E-state index contributed by atoms with van der Waals surface area (Å²) in [7, 11) is -4.27. The Kier molecular flexibility index (Phi) is 7.25. The van der Waals surface area contributed by atoms with Gasteiger partial charge < -0.3 is 4.18 Å². The maximum Gasteiger partial charge on any atom is 0.343 e. The molecule has 4 aromatic carbocycles. The smallest absolute Gasteiger partial charge is 0.343 e. The van der Waals surface area contributed by atoms with Crippen molar-refractivity contribution in [2.45, 2.75) is 11.8 Å². The van der Waals surface area contributed by atoms with Crippen LogP contribution in [0.4, 0.5) is 16.2 Å². The van der Waals surface area contributed by atoms with E-state index in [-0.39, 0.29) is 32.6 Å². The Hall–Kier alpha value is -4.73. The molecule has 0 aromatic heterocycles. The summed E-state index contributed by atoms with van der Waals surface area (Å²) in [6.07, 6.45) is 1.18. The number of benzene rings is 4. The van der Waals surface area contributed by atoms with Crippen LogP contribution in [0.25, 0.3) is 6.08 Å². The Morgan fingerprint density at radius 2 is 1.25 bits per heavy atom. The minimum Gasteiger partial charge on any atom is -0.378 e. The fourth-order valence-electron chi connectivity index (χ4n) is 4.07. The molecule has 0 bridgehead atoms. The number of hydrogen-bond acceptors (Lipinski definition) is 6. The maximum absolute atomic E-state index is 13.7. The van der Waals surface area contributed by atoms with E-state index in [1.807, 2.05) is 6.92 Å². The molecule has 0 unspecified atom stereocenters. The molecule has 1 heterocycles. The lowest BCUT2D eigenvalue weighted by atomic mass is 10.0. The van der Waals surface area contributed by atoms with Gasteiger partial charge in [0.1, 0.15) is 16.2 Å². The van der Waals surface area contributed by atoms with Gasteiger partial charge in [0.2, 0.25) is 0 Å². The first kappa shape index (κ1) is 26.9. The van der Waals surface area contributed by atoms with Gasteiger partial charge >= 0.3 is 16.1 Å². The van der Waals surface area contributed by atoms with Crippen LogP contribution >= 0.6 is 11.6 Å². The van der Waals surface area contributed by atoms with Crippen LogP contribution in [0.1, 0.15) is 11.1 Å². The monoisotopic (exact) mass is 572 g/mol. The molecule has 0 spiro atoms. The Balaban J connectivity index is 1.63. The highest BCUT2D eigenvalue weighted by atomic mass is 35.5. The van der Waals surface area contributed by atoms with Crippen LogP contribution in [-0.4, -0.2) is 26.3 Å². The number of rotatable bonds is 6. The van der Waals surface area contributed by atoms with Crippen molar-refractivity contribution in [2.75, 3.05) is 9.80 Å². The van der Waals surface area contributed by atoms with Gasteiger partial charge in [-0.05, 0) is 67.6 Å². The van der Waals surface area contributed by atoms with Gasteiger partial charge in [-0.3, -0.25) is 9.59 Å². The number of para-hydroxylation sites is 2. The van der Waals surface area contributed by atoms with Crippen molar-refractivity contribution >= 4 is 57.0 Å².